The Hall–Kier alpha value is -1.68. The van der Waals surface area contributed by atoms with Gasteiger partial charge in [0.05, 0.1) is 0 Å². The van der Waals surface area contributed by atoms with Crippen LogP contribution in [0.2, 0.25) is 0 Å². The van der Waals surface area contributed by atoms with Crippen LogP contribution in [0.15, 0.2) is 24.3 Å². The fourth-order valence-electron chi connectivity index (χ4n) is 0.983. The molecule has 0 atom stereocenters. The second kappa shape index (κ2) is 3.82. The molecule has 0 heterocycles. The number of benzene rings is 1. The number of nitrogens with two attached hydrogens (primary N) is 1. The monoisotopic (exact) mass is 178 g/mol. The lowest BCUT2D eigenvalue weighted by molar-refractivity contribution is -0.117. The van der Waals surface area contributed by atoms with Gasteiger partial charge in [-0.3, -0.25) is 15.0 Å². The van der Waals surface area contributed by atoms with Gasteiger partial charge >= 0.3 is 5.91 Å². The van der Waals surface area contributed by atoms with E-state index in [2.05, 4.69) is 0 Å². The van der Waals surface area contributed by atoms with Gasteiger partial charge in [0.25, 0.3) is 5.78 Å². The maximum Gasteiger partial charge on any atom is 0.306 e. The first-order valence-electron chi connectivity index (χ1n) is 3.77. The first kappa shape index (κ1) is 9.41. The minimum absolute atomic E-state index is 0.350. The van der Waals surface area contributed by atoms with E-state index >= 15 is 0 Å². The zero-order valence-corrected chi connectivity index (χ0v) is 7.20. The normalized spacial score (nSPS) is 9.38. The van der Waals surface area contributed by atoms with Crippen molar-refractivity contribution in [2.75, 3.05) is 0 Å². The first-order chi connectivity index (χ1) is 6.15. The molecular formula is C9H10N2O2. The highest BCUT2D eigenvalue weighted by Crippen LogP contribution is 2.04. The number of carbonyl (C=O) groups excluding carboxylic acids is 2. The number of nitrogens with one attached hydrogen (secondary N) is 1. The molecule has 3 N–H and O–H groups in total. The second-order valence-corrected chi connectivity index (χ2v) is 2.67. The molecule has 68 valence electrons. The van der Waals surface area contributed by atoms with Crippen LogP contribution in [0, 0.1) is 6.92 Å². The van der Waals surface area contributed by atoms with Gasteiger partial charge in [0.1, 0.15) is 0 Å². The number of amides is 1. The molecule has 0 saturated carbocycles. The molecule has 0 radical (unpaired) electrons. The van der Waals surface area contributed by atoms with Gasteiger partial charge < -0.3 is 0 Å². The van der Waals surface area contributed by atoms with Crippen LogP contribution in [0.25, 0.3) is 0 Å². The quantitative estimate of drug-likeness (QED) is 0.223. The molecule has 1 aromatic carbocycles. The third kappa shape index (κ3) is 2.13. The molecule has 0 aliphatic carbocycles. The summed E-state index contributed by atoms with van der Waals surface area (Å²) in [6, 6.07) is 6.77. The maximum atomic E-state index is 11.2. The zero-order valence-electron chi connectivity index (χ0n) is 7.20. The molecule has 4 heteroatoms. The lowest BCUT2D eigenvalue weighted by Gasteiger charge is -1.99. The summed E-state index contributed by atoms with van der Waals surface area (Å²) in [7, 11) is 0. The summed E-state index contributed by atoms with van der Waals surface area (Å²) in [4.78, 5) is 22.1. The van der Waals surface area contributed by atoms with E-state index in [-0.39, 0.29) is 0 Å². The molecule has 0 aromatic heterocycles. The molecule has 0 unspecified atom stereocenters. The standard InChI is InChI=1S/C9H10N2O2/c1-6-3-2-4-7(5-6)8(12)9(13)11-10/h2-5H,10H2,1H3,(H,11,13). The van der Waals surface area contributed by atoms with Gasteiger partial charge in [-0.05, 0) is 13.0 Å². The van der Waals surface area contributed by atoms with Crippen LogP contribution >= 0.6 is 0 Å². The number of rotatable bonds is 2. The smallest absolute Gasteiger partial charge is 0.287 e. The number of Topliss-reactive ketones (excluding diaryl/α,β-unsaturated/α-hetero) is 1. The molecule has 0 bridgehead atoms. The van der Waals surface area contributed by atoms with Crippen LogP contribution in [-0.2, 0) is 4.79 Å². The van der Waals surface area contributed by atoms with Crippen molar-refractivity contribution >= 4 is 11.7 Å². The summed E-state index contributed by atoms with van der Waals surface area (Å²) in [6.45, 7) is 1.84. The summed E-state index contributed by atoms with van der Waals surface area (Å²) < 4.78 is 0. The lowest BCUT2D eigenvalue weighted by Crippen LogP contribution is -2.36. The third-order valence-corrected chi connectivity index (χ3v) is 1.62. The van der Waals surface area contributed by atoms with Gasteiger partial charge in [-0.15, -0.1) is 0 Å². The van der Waals surface area contributed by atoms with Crippen molar-refractivity contribution < 1.29 is 9.59 Å². The zero-order chi connectivity index (χ0) is 9.84. The Bertz CT molecular complexity index is 347. The van der Waals surface area contributed by atoms with Crippen molar-refractivity contribution in [3.05, 3.63) is 35.4 Å². The largest absolute Gasteiger partial charge is 0.306 e. The highest BCUT2D eigenvalue weighted by Gasteiger charge is 2.13. The summed E-state index contributed by atoms with van der Waals surface area (Å²) in [6.07, 6.45) is 0. The van der Waals surface area contributed by atoms with E-state index in [1.54, 1.807) is 23.6 Å². The van der Waals surface area contributed by atoms with Crippen molar-refractivity contribution in [1.82, 2.24) is 5.43 Å². The Morgan fingerprint density at radius 1 is 1.38 bits per heavy atom. The second-order valence-electron chi connectivity index (χ2n) is 2.67. The molecule has 0 aliphatic heterocycles. The van der Waals surface area contributed by atoms with Crippen LogP contribution in [0.4, 0.5) is 0 Å². The average Bonchev–Trinajstić information content (AvgIpc) is 2.15. The minimum Gasteiger partial charge on any atom is -0.287 e. The topological polar surface area (TPSA) is 72.2 Å². The lowest BCUT2D eigenvalue weighted by atomic mass is 10.1. The fourth-order valence-corrected chi connectivity index (χ4v) is 0.983. The van der Waals surface area contributed by atoms with Crippen molar-refractivity contribution in [2.45, 2.75) is 6.92 Å². The highest BCUT2D eigenvalue weighted by atomic mass is 16.2. The van der Waals surface area contributed by atoms with Crippen molar-refractivity contribution in [3.63, 3.8) is 0 Å². The van der Waals surface area contributed by atoms with Crippen LogP contribution in [0.1, 0.15) is 15.9 Å². The first-order valence-corrected chi connectivity index (χ1v) is 3.77. The van der Waals surface area contributed by atoms with Gasteiger partial charge in [0, 0.05) is 5.56 Å². The van der Waals surface area contributed by atoms with E-state index in [1.807, 2.05) is 13.0 Å². The van der Waals surface area contributed by atoms with Gasteiger partial charge in [-0.2, -0.15) is 0 Å². The molecule has 0 spiro atoms. The SMILES string of the molecule is Cc1cccc(C(=O)C(=O)NN)c1. The van der Waals surface area contributed by atoms with Crippen LogP contribution < -0.4 is 11.3 Å². The molecule has 1 amide bonds. The predicted octanol–water partition coefficient (Wildman–Crippen LogP) is 0.168. The number of hydrogen-bond donors (Lipinski definition) is 2. The van der Waals surface area contributed by atoms with E-state index in [0.29, 0.717) is 5.56 Å². The predicted molar refractivity (Wildman–Crippen MR) is 47.8 cm³/mol. The van der Waals surface area contributed by atoms with Crippen LogP contribution in [0.3, 0.4) is 0 Å². The van der Waals surface area contributed by atoms with Gasteiger partial charge in [0.15, 0.2) is 0 Å². The van der Waals surface area contributed by atoms with Crippen LogP contribution in [-0.4, -0.2) is 11.7 Å². The summed E-state index contributed by atoms with van der Waals surface area (Å²) in [5.41, 5.74) is 3.07. The number of aryl methyl sites for hydroxylation is 1. The Labute approximate surface area is 75.7 Å². The van der Waals surface area contributed by atoms with Crippen molar-refractivity contribution in [2.24, 2.45) is 5.84 Å². The summed E-state index contributed by atoms with van der Waals surface area (Å²) >= 11 is 0. The Balaban J connectivity index is 2.95. The van der Waals surface area contributed by atoms with E-state index < -0.39 is 11.7 Å². The maximum absolute atomic E-state index is 11.2. The average molecular weight is 178 g/mol. The van der Waals surface area contributed by atoms with E-state index in [1.165, 1.54) is 0 Å². The molecular weight excluding hydrogens is 168 g/mol. The van der Waals surface area contributed by atoms with Gasteiger partial charge in [0.2, 0.25) is 0 Å². The molecule has 4 nitrogen and oxygen atoms in total. The van der Waals surface area contributed by atoms with Gasteiger partial charge in [-0.1, -0.05) is 23.8 Å². The van der Waals surface area contributed by atoms with Crippen molar-refractivity contribution in [1.29, 1.82) is 0 Å². The van der Waals surface area contributed by atoms with E-state index in [0.717, 1.165) is 5.56 Å². The highest BCUT2D eigenvalue weighted by molar-refractivity contribution is 6.42. The van der Waals surface area contributed by atoms with Gasteiger partial charge in [-0.25, -0.2) is 5.84 Å². The number of hydrogen-bond acceptors (Lipinski definition) is 3. The molecule has 0 saturated heterocycles. The number of carbonyl (C=O) groups is 2. The Morgan fingerprint density at radius 2 is 2.08 bits per heavy atom. The van der Waals surface area contributed by atoms with E-state index in [9.17, 15) is 9.59 Å². The molecule has 13 heavy (non-hydrogen) atoms. The molecule has 0 aliphatic rings. The number of ketones is 1. The Morgan fingerprint density at radius 3 is 2.62 bits per heavy atom. The summed E-state index contributed by atoms with van der Waals surface area (Å²) in [5, 5.41) is 0. The minimum atomic E-state index is -0.800. The van der Waals surface area contributed by atoms with Crippen LogP contribution in [0.5, 0.6) is 0 Å². The Kier molecular flexibility index (Phi) is 2.76. The molecule has 1 rings (SSSR count). The number of hydrazine groups is 1. The molecule has 0 fully saturated rings. The fraction of sp³-hybridized carbons (Fsp3) is 0.111. The summed E-state index contributed by atoms with van der Waals surface area (Å²) in [5.74, 6) is 3.41. The van der Waals surface area contributed by atoms with E-state index in [4.69, 9.17) is 5.84 Å². The third-order valence-electron chi connectivity index (χ3n) is 1.62. The van der Waals surface area contributed by atoms with Crippen molar-refractivity contribution in [3.8, 4) is 0 Å². The molecule has 1 aromatic rings.